The molecule has 0 spiro atoms. The van der Waals surface area contributed by atoms with Crippen LogP contribution in [-0.2, 0) is 4.79 Å². The van der Waals surface area contributed by atoms with Crippen molar-refractivity contribution in [2.45, 2.75) is 123 Å². The highest BCUT2D eigenvalue weighted by Crippen LogP contribution is 2.59. The SMILES string of the molecule is CC(=O)NC1C/C(=C\C=C2/CCC[C@]3(C)[C@@H]([C@H](C)CCCC(C)(C)O)CC[C@@H]23)C[C@@H](O)C1. The fraction of sp³-hybridized carbons (Fsp3) is 0.821. The molecule has 3 aliphatic carbocycles. The number of aliphatic hydroxyl groups excluding tert-OH is 1. The van der Waals surface area contributed by atoms with Gasteiger partial charge in [-0.1, -0.05) is 50.0 Å². The van der Waals surface area contributed by atoms with Crippen LogP contribution in [0.3, 0.4) is 0 Å². The predicted octanol–water partition coefficient (Wildman–Crippen LogP) is 5.68. The summed E-state index contributed by atoms with van der Waals surface area (Å²) in [6, 6.07) is 0.0538. The van der Waals surface area contributed by atoms with Crippen molar-refractivity contribution in [1.82, 2.24) is 5.32 Å². The zero-order chi connectivity index (χ0) is 23.5. The normalized spacial score (nSPS) is 36.8. The fourth-order valence-corrected chi connectivity index (χ4v) is 7.23. The van der Waals surface area contributed by atoms with E-state index >= 15 is 0 Å². The number of fused-ring (bicyclic) bond motifs is 1. The molecular formula is C28H47NO3. The maximum absolute atomic E-state index is 11.5. The third-order valence-corrected chi connectivity index (χ3v) is 8.68. The minimum Gasteiger partial charge on any atom is -0.393 e. The van der Waals surface area contributed by atoms with E-state index in [9.17, 15) is 15.0 Å². The van der Waals surface area contributed by atoms with Gasteiger partial charge in [-0.15, -0.1) is 0 Å². The lowest BCUT2D eigenvalue weighted by molar-refractivity contribution is -0.119. The van der Waals surface area contributed by atoms with Gasteiger partial charge in [0.2, 0.25) is 5.91 Å². The molecule has 4 nitrogen and oxygen atoms in total. The summed E-state index contributed by atoms with van der Waals surface area (Å²) in [6.45, 7) is 10.4. The molecule has 3 N–H and O–H groups in total. The molecule has 1 amide bonds. The molecule has 3 aliphatic rings. The van der Waals surface area contributed by atoms with Crippen LogP contribution in [-0.4, -0.2) is 33.9 Å². The summed E-state index contributed by atoms with van der Waals surface area (Å²) in [5, 5.41) is 23.3. The Morgan fingerprint density at radius 1 is 1.28 bits per heavy atom. The van der Waals surface area contributed by atoms with Gasteiger partial charge in [0.05, 0.1) is 11.7 Å². The van der Waals surface area contributed by atoms with Crippen molar-refractivity contribution in [3.8, 4) is 0 Å². The van der Waals surface area contributed by atoms with Crippen molar-refractivity contribution in [1.29, 1.82) is 0 Å². The minimum absolute atomic E-state index is 0.0153. The van der Waals surface area contributed by atoms with Crippen LogP contribution in [0.4, 0.5) is 0 Å². The largest absolute Gasteiger partial charge is 0.393 e. The Balaban J connectivity index is 1.66. The van der Waals surface area contributed by atoms with E-state index in [1.54, 1.807) is 12.5 Å². The lowest BCUT2D eigenvalue weighted by Crippen LogP contribution is -2.39. The van der Waals surface area contributed by atoms with Gasteiger partial charge >= 0.3 is 0 Å². The molecule has 1 unspecified atom stereocenters. The second-order valence-electron chi connectivity index (χ2n) is 12.0. The van der Waals surface area contributed by atoms with Crippen LogP contribution in [0.2, 0.25) is 0 Å². The molecule has 0 aromatic carbocycles. The van der Waals surface area contributed by atoms with E-state index in [1.807, 2.05) is 13.8 Å². The van der Waals surface area contributed by atoms with Crippen LogP contribution in [0.15, 0.2) is 23.3 Å². The summed E-state index contributed by atoms with van der Waals surface area (Å²) in [4.78, 5) is 11.5. The number of nitrogens with one attached hydrogen (secondary N) is 1. The maximum Gasteiger partial charge on any atom is 0.217 e. The summed E-state index contributed by atoms with van der Waals surface area (Å²) in [6.07, 6.45) is 16.1. The quantitative estimate of drug-likeness (QED) is 0.472. The van der Waals surface area contributed by atoms with E-state index in [2.05, 4.69) is 31.3 Å². The van der Waals surface area contributed by atoms with E-state index < -0.39 is 5.60 Å². The summed E-state index contributed by atoms with van der Waals surface area (Å²) < 4.78 is 0. The molecule has 182 valence electrons. The molecule has 0 saturated heterocycles. The van der Waals surface area contributed by atoms with Crippen molar-refractivity contribution >= 4 is 5.91 Å². The van der Waals surface area contributed by atoms with Gasteiger partial charge in [-0.25, -0.2) is 0 Å². The van der Waals surface area contributed by atoms with Gasteiger partial charge in [0, 0.05) is 13.0 Å². The fourth-order valence-electron chi connectivity index (χ4n) is 7.23. The smallest absolute Gasteiger partial charge is 0.217 e. The number of allylic oxidation sites excluding steroid dienone is 3. The second kappa shape index (κ2) is 10.4. The Morgan fingerprint density at radius 2 is 2.03 bits per heavy atom. The lowest BCUT2D eigenvalue weighted by atomic mass is 9.60. The molecule has 0 radical (unpaired) electrons. The van der Waals surface area contributed by atoms with Crippen LogP contribution >= 0.6 is 0 Å². The molecule has 3 fully saturated rings. The van der Waals surface area contributed by atoms with E-state index in [1.165, 1.54) is 44.1 Å². The standard InChI is InChI=1S/C28H47NO3/c1-19(8-6-14-27(3,4)32)25-12-13-26-22(9-7-15-28(25,26)5)11-10-21-16-23(29-20(2)30)18-24(31)17-21/h10-11,19,23-26,31-32H,6-9,12-18H2,1-5H3,(H,29,30)/b21-10+,22-11+/t19-,23?,24-,25-,26+,28-/m1/s1. The van der Waals surface area contributed by atoms with Crippen LogP contribution in [0.5, 0.6) is 0 Å². The predicted molar refractivity (Wildman–Crippen MR) is 131 cm³/mol. The first-order valence-electron chi connectivity index (χ1n) is 13.0. The lowest BCUT2D eigenvalue weighted by Gasteiger charge is -2.44. The molecule has 3 saturated carbocycles. The summed E-state index contributed by atoms with van der Waals surface area (Å²) in [5.41, 5.74) is 2.70. The zero-order valence-electron chi connectivity index (χ0n) is 21.1. The highest BCUT2D eigenvalue weighted by Gasteiger charge is 2.50. The first-order chi connectivity index (χ1) is 15.0. The topological polar surface area (TPSA) is 69.6 Å². The molecule has 6 atom stereocenters. The van der Waals surface area contributed by atoms with E-state index in [0.717, 1.165) is 31.6 Å². The van der Waals surface area contributed by atoms with Crippen LogP contribution in [0.1, 0.15) is 105 Å². The number of rotatable bonds is 7. The number of hydrogen-bond acceptors (Lipinski definition) is 3. The molecular weight excluding hydrogens is 398 g/mol. The highest BCUT2D eigenvalue weighted by atomic mass is 16.3. The molecule has 0 bridgehead atoms. The molecule has 32 heavy (non-hydrogen) atoms. The summed E-state index contributed by atoms with van der Waals surface area (Å²) >= 11 is 0. The van der Waals surface area contributed by atoms with Gasteiger partial charge in [-0.2, -0.15) is 0 Å². The Kier molecular flexibility index (Phi) is 8.30. The second-order valence-corrected chi connectivity index (χ2v) is 12.0. The third-order valence-electron chi connectivity index (χ3n) is 8.68. The molecule has 3 rings (SSSR count). The van der Waals surface area contributed by atoms with E-state index in [-0.39, 0.29) is 18.1 Å². The molecule has 4 heteroatoms. The van der Waals surface area contributed by atoms with Gasteiger partial charge in [-0.3, -0.25) is 4.79 Å². The number of carbonyl (C=O) groups excluding carboxylic acids is 1. The molecule has 0 aromatic heterocycles. The van der Waals surface area contributed by atoms with Gasteiger partial charge in [0.1, 0.15) is 0 Å². The number of amides is 1. The summed E-state index contributed by atoms with van der Waals surface area (Å²) in [5.74, 6) is 2.14. The average Bonchev–Trinajstić information content (AvgIpc) is 3.02. The Bertz CT molecular complexity index is 719. The number of aliphatic hydroxyl groups is 2. The van der Waals surface area contributed by atoms with Crippen molar-refractivity contribution < 1.29 is 15.0 Å². The van der Waals surface area contributed by atoms with Gasteiger partial charge in [0.15, 0.2) is 0 Å². The minimum atomic E-state index is -0.554. The number of hydrogen-bond donors (Lipinski definition) is 3. The Hall–Kier alpha value is -1.13. The average molecular weight is 446 g/mol. The third kappa shape index (κ3) is 6.47. The van der Waals surface area contributed by atoms with E-state index in [0.29, 0.717) is 23.7 Å². The Labute approximate surface area is 195 Å². The van der Waals surface area contributed by atoms with Crippen LogP contribution in [0, 0.1) is 23.2 Å². The van der Waals surface area contributed by atoms with Gasteiger partial charge < -0.3 is 15.5 Å². The highest BCUT2D eigenvalue weighted by molar-refractivity contribution is 5.73. The van der Waals surface area contributed by atoms with Crippen molar-refractivity contribution in [2.75, 3.05) is 0 Å². The van der Waals surface area contributed by atoms with E-state index in [4.69, 9.17) is 0 Å². The first kappa shape index (κ1) is 25.5. The molecule has 0 aromatic rings. The van der Waals surface area contributed by atoms with Crippen LogP contribution < -0.4 is 5.32 Å². The summed E-state index contributed by atoms with van der Waals surface area (Å²) in [7, 11) is 0. The zero-order valence-corrected chi connectivity index (χ0v) is 21.1. The molecule has 0 heterocycles. The monoisotopic (exact) mass is 445 g/mol. The maximum atomic E-state index is 11.5. The Morgan fingerprint density at radius 3 is 2.72 bits per heavy atom. The van der Waals surface area contributed by atoms with Crippen molar-refractivity contribution in [2.24, 2.45) is 23.2 Å². The van der Waals surface area contributed by atoms with Gasteiger partial charge in [0.25, 0.3) is 0 Å². The van der Waals surface area contributed by atoms with Crippen molar-refractivity contribution in [3.63, 3.8) is 0 Å². The van der Waals surface area contributed by atoms with Gasteiger partial charge in [-0.05, 0) is 94.8 Å². The number of carbonyl (C=O) groups is 1. The first-order valence-corrected chi connectivity index (χ1v) is 13.0. The molecule has 0 aliphatic heterocycles. The van der Waals surface area contributed by atoms with Crippen LogP contribution in [0.25, 0.3) is 0 Å². The van der Waals surface area contributed by atoms with Crippen molar-refractivity contribution in [3.05, 3.63) is 23.3 Å².